The zero-order chi connectivity index (χ0) is 18.4. The molecular formula is C22H28O4. The lowest BCUT2D eigenvalue weighted by atomic mass is 9.88. The van der Waals surface area contributed by atoms with Gasteiger partial charge in [-0.2, -0.15) is 0 Å². The van der Waals surface area contributed by atoms with E-state index in [9.17, 15) is 5.11 Å². The van der Waals surface area contributed by atoms with Gasteiger partial charge in [-0.25, -0.2) is 0 Å². The minimum atomic E-state index is -0.708. The summed E-state index contributed by atoms with van der Waals surface area (Å²) >= 11 is 0. The molecule has 2 aromatic rings. The fourth-order valence-electron chi connectivity index (χ4n) is 3.29. The fourth-order valence-corrected chi connectivity index (χ4v) is 3.29. The maximum Gasteiger partial charge on any atom is 0.110 e. The average Bonchev–Trinajstić information content (AvgIpc) is 2.67. The smallest absolute Gasteiger partial charge is 0.110 e. The van der Waals surface area contributed by atoms with Gasteiger partial charge in [-0.15, -0.1) is 0 Å². The number of aliphatic hydroxyl groups excluding tert-OH is 1. The molecule has 3 rings (SSSR count). The summed E-state index contributed by atoms with van der Waals surface area (Å²) in [6, 6.07) is 20.0. The number of aliphatic hydroxyl groups is 1. The molecule has 0 spiro atoms. The molecule has 0 bridgehead atoms. The van der Waals surface area contributed by atoms with Gasteiger partial charge in [0, 0.05) is 5.92 Å². The lowest BCUT2D eigenvalue weighted by Gasteiger charge is -2.42. The quantitative estimate of drug-likeness (QED) is 0.824. The summed E-state index contributed by atoms with van der Waals surface area (Å²) in [5, 5.41) is 10.8. The topological polar surface area (TPSA) is 47.9 Å². The highest BCUT2D eigenvalue weighted by molar-refractivity contribution is 5.14. The van der Waals surface area contributed by atoms with Gasteiger partial charge in [0.05, 0.1) is 32.0 Å². The molecule has 4 nitrogen and oxygen atoms in total. The summed E-state index contributed by atoms with van der Waals surface area (Å²) in [6.07, 6.45) is -1.36. The van der Waals surface area contributed by atoms with Gasteiger partial charge in [0.1, 0.15) is 12.2 Å². The van der Waals surface area contributed by atoms with Crippen molar-refractivity contribution in [2.45, 2.75) is 51.5 Å². The first-order valence-corrected chi connectivity index (χ1v) is 9.26. The molecule has 0 aliphatic carbocycles. The number of benzene rings is 2. The highest BCUT2D eigenvalue weighted by atomic mass is 16.6. The van der Waals surface area contributed by atoms with Crippen molar-refractivity contribution in [3.63, 3.8) is 0 Å². The second kappa shape index (κ2) is 9.28. The van der Waals surface area contributed by atoms with E-state index in [1.54, 1.807) is 0 Å². The van der Waals surface area contributed by atoms with E-state index in [1.165, 1.54) is 0 Å². The second-order valence-electron chi connectivity index (χ2n) is 6.99. The van der Waals surface area contributed by atoms with Crippen LogP contribution < -0.4 is 0 Å². The molecule has 5 atom stereocenters. The van der Waals surface area contributed by atoms with Crippen LogP contribution in [0.2, 0.25) is 0 Å². The zero-order valence-corrected chi connectivity index (χ0v) is 15.5. The van der Waals surface area contributed by atoms with Crippen molar-refractivity contribution in [3.05, 3.63) is 71.8 Å². The summed E-state index contributed by atoms with van der Waals surface area (Å²) in [4.78, 5) is 0. The Morgan fingerprint density at radius 3 is 2.08 bits per heavy atom. The van der Waals surface area contributed by atoms with E-state index in [-0.39, 0.29) is 24.2 Å². The third-order valence-corrected chi connectivity index (χ3v) is 5.04. The van der Waals surface area contributed by atoms with Crippen LogP contribution in [0.3, 0.4) is 0 Å². The molecule has 0 amide bonds. The van der Waals surface area contributed by atoms with Gasteiger partial charge in [0.25, 0.3) is 0 Å². The Bertz CT molecular complexity index is 646. The molecule has 1 saturated heterocycles. The molecule has 1 fully saturated rings. The van der Waals surface area contributed by atoms with Crippen molar-refractivity contribution in [1.29, 1.82) is 0 Å². The number of hydrogen-bond acceptors (Lipinski definition) is 4. The van der Waals surface area contributed by atoms with Crippen molar-refractivity contribution >= 4 is 0 Å². The van der Waals surface area contributed by atoms with Gasteiger partial charge in [0.15, 0.2) is 0 Å². The minimum absolute atomic E-state index is 0.00417. The molecule has 0 saturated carbocycles. The van der Waals surface area contributed by atoms with E-state index >= 15 is 0 Å². The van der Waals surface area contributed by atoms with Crippen LogP contribution in [0.5, 0.6) is 0 Å². The van der Waals surface area contributed by atoms with Crippen molar-refractivity contribution in [2.75, 3.05) is 6.61 Å². The third-order valence-electron chi connectivity index (χ3n) is 5.04. The van der Waals surface area contributed by atoms with E-state index in [2.05, 4.69) is 6.92 Å². The van der Waals surface area contributed by atoms with Gasteiger partial charge in [0.2, 0.25) is 0 Å². The van der Waals surface area contributed by atoms with E-state index in [4.69, 9.17) is 14.2 Å². The van der Waals surface area contributed by atoms with Crippen LogP contribution in [-0.2, 0) is 27.4 Å². The highest BCUT2D eigenvalue weighted by Gasteiger charge is 2.42. The average molecular weight is 356 g/mol. The Labute approximate surface area is 155 Å². The molecule has 26 heavy (non-hydrogen) atoms. The van der Waals surface area contributed by atoms with Gasteiger partial charge in [-0.05, 0) is 18.1 Å². The van der Waals surface area contributed by atoms with Crippen LogP contribution in [0.25, 0.3) is 0 Å². The van der Waals surface area contributed by atoms with Crippen molar-refractivity contribution in [3.8, 4) is 0 Å². The Morgan fingerprint density at radius 2 is 1.46 bits per heavy atom. The van der Waals surface area contributed by atoms with Crippen LogP contribution in [0.4, 0.5) is 0 Å². The Morgan fingerprint density at radius 1 is 0.885 bits per heavy atom. The largest absolute Gasteiger partial charge is 0.388 e. The normalized spacial score (nSPS) is 28.8. The lowest BCUT2D eigenvalue weighted by Crippen LogP contribution is -2.55. The monoisotopic (exact) mass is 356 g/mol. The maximum absolute atomic E-state index is 10.8. The minimum Gasteiger partial charge on any atom is -0.388 e. The molecule has 140 valence electrons. The summed E-state index contributed by atoms with van der Waals surface area (Å²) in [5.41, 5.74) is 2.21. The third kappa shape index (κ3) is 4.92. The van der Waals surface area contributed by atoms with Gasteiger partial charge < -0.3 is 19.3 Å². The Balaban J connectivity index is 1.55. The number of ether oxygens (including phenoxy) is 3. The van der Waals surface area contributed by atoms with Crippen LogP contribution in [0.1, 0.15) is 25.0 Å². The Hall–Kier alpha value is -1.72. The summed E-state index contributed by atoms with van der Waals surface area (Å²) in [7, 11) is 0. The van der Waals surface area contributed by atoms with E-state index in [0.29, 0.717) is 19.8 Å². The first-order valence-electron chi connectivity index (χ1n) is 9.26. The molecule has 0 aromatic heterocycles. The zero-order valence-electron chi connectivity index (χ0n) is 15.5. The molecule has 1 aliphatic rings. The first-order chi connectivity index (χ1) is 12.6. The molecule has 1 heterocycles. The number of rotatable bonds is 7. The molecule has 2 aromatic carbocycles. The Kier molecular flexibility index (Phi) is 6.80. The number of hydrogen-bond donors (Lipinski definition) is 1. The van der Waals surface area contributed by atoms with Crippen LogP contribution in [-0.4, -0.2) is 36.1 Å². The van der Waals surface area contributed by atoms with Crippen molar-refractivity contribution < 1.29 is 19.3 Å². The fraction of sp³-hybridized carbons (Fsp3) is 0.455. The predicted octanol–water partition coefficient (Wildman–Crippen LogP) is 3.57. The standard InChI is InChI=1S/C22H28O4/c1-16-17(2)26-20(15-24-13-18-9-5-3-6-10-18)21(23)22(16)25-14-19-11-7-4-8-12-19/h3-12,16-17,20-23H,13-15H2,1-2H3. The molecule has 4 heteroatoms. The van der Waals surface area contributed by atoms with E-state index in [0.717, 1.165) is 11.1 Å². The van der Waals surface area contributed by atoms with E-state index in [1.807, 2.05) is 67.6 Å². The molecule has 1 aliphatic heterocycles. The van der Waals surface area contributed by atoms with Gasteiger partial charge in [-0.3, -0.25) is 0 Å². The SMILES string of the molecule is CC1OC(COCc2ccccc2)C(O)C(OCc2ccccc2)C1C. The summed E-state index contributed by atoms with van der Waals surface area (Å²) < 4.78 is 17.8. The lowest BCUT2D eigenvalue weighted by molar-refractivity contribution is -0.221. The maximum atomic E-state index is 10.8. The first kappa shape index (κ1) is 19.1. The van der Waals surface area contributed by atoms with Crippen LogP contribution in [0.15, 0.2) is 60.7 Å². The molecule has 0 radical (unpaired) electrons. The summed E-state index contributed by atoms with van der Waals surface area (Å²) in [5.74, 6) is 0.110. The van der Waals surface area contributed by atoms with Crippen molar-refractivity contribution in [1.82, 2.24) is 0 Å². The second-order valence-corrected chi connectivity index (χ2v) is 6.99. The van der Waals surface area contributed by atoms with Crippen LogP contribution in [0, 0.1) is 5.92 Å². The van der Waals surface area contributed by atoms with Crippen molar-refractivity contribution in [2.24, 2.45) is 5.92 Å². The molecule has 5 unspecified atom stereocenters. The highest BCUT2D eigenvalue weighted by Crippen LogP contribution is 2.29. The predicted molar refractivity (Wildman–Crippen MR) is 101 cm³/mol. The molecule has 1 N–H and O–H groups in total. The molecular weight excluding hydrogens is 328 g/mol. The van der Waals surface area contributed by atoms with Gasteiger partial charge >= 0.3 is 0 Å². The van der Waals surface area contributed by atoms with Crippen LogP contribution >= 0.6 is 0 Å². The van der Waals surface area contributed by atoms with E-state index < -0.39 is 6.10 Å². The van der Waals surface area contributed by atoms with Gasteiger partial charge in [-0.1, -0.05) is 67.6 Å². The summed E-state index contributed by atoms with van der Waals surface area (Å²) in [6.45, 7) is 5.42.